The van der Waals surface area contributed by atoms with E-state index in [1.165, 1.54) is 0 Å². The third-order valence-electron chi connectivity index (χ3n) is 5.49. The van der Waals surface area contributed by atoms with Gasteiger partial charge in [-0.15, -0.1) is 0 Å². The molecule has 2 saturated heterocycles. The topological polar surface area (TPSA) is 62.3 Å². The van der Waals surface area contributed by atoms with Crippen molar-refractivity contribution in [2.75, 3.05) is 66.1 Å². The summed E-state index contributed by atoms with van der Waals surface area (Å²) in [5.74, 6) is 1.16. The van der Waals surface area contributed by atoms with Crippen molar-refractivity contribution in [2.24, 2.45) is 0 Å². The lowest BCUT2D eigenvalue weighted by atomic mass is 10.1. The Morgan fingerprint density at radius 2 is 1.61 bits per heavy atom. The molecule has 0 unspecified atom stereocenters. The molecule has 1 aromatic carbocycles. The number of carbonyl (C=O) groups excluding carboxylic acids is 2. The Kier molecular flexibility index (Phi) is 7.68. The van der Waals surface area contributed by atoms with Crippen LogP contribution in [-0.2, 0) is 20.7 Å². The molecule has 0 saturated carbocycles. The lowest BCUT2D eigenvalue weighted by Crippen LogP contribution is -2.51. The van der Waals surface area contributed by atoms with Crippen LogP contribution < -0.4 is 4.74 Å². The highest BCUT2D eigenvalue weighted by molar-refractivity contribution is 5.78. The number of benzene rings is 1. The van der Waals surface area contributed by atoms with E-state index in [-0.39, 0.29) is 11.8 Å². The van der Waals surface area contributed by atoms with Crippen molar-refractivity contribution in [3.05, 3.63) is 29.8 Å². The van der Waals surface area contributed by atoms with Crippen molar-refractivity contribution >= 4 is 11.8 Å². The summed E-state index contributed by atoms with van der Waals surface area (Å²) in [5, 5.41) is 0. The first-order valence-electron chi connectivity index (χ1n) is 10.1. The zero-order valence-corrected chi connectivity index (χ0v) is 16.8. The summed E-state index contributed by atoms with van der Waals surface area (Å²) in [6.45, 7) is 6.63. The van der Waals surface area contributed by atoms with Gasteiger partial charge in [0.05, 0.1) is 20.3 Å². The van der Waals surface area contributed by atoms with Gasteiger partial charge in [-0.2, -0.15) is 0 Å². The average molecular weight is 389 g/mol. The van der Waals surface area contributed by atoms with E-state index >= 15 is 0 Å². The van der Waals surface area contributed by atoms with Crippen LogP contribution in [0.15, 0.2) is 24.3 Å². The highest BCUT2D eigenvalue weighted by Crippen LogP contribution is 2.15. The molecule has 0 N–H and O–H groups in total. The van der Waals surface area contributed by atoms with Crippen LogP contribution in [0.4, 0.5) is 0 Å². The minimum atomic E-state index is 0.156. The maximum absolute atomic E-state index is 12.5. The predicted octanol–water partition coefficient (Wildman–Crippen LogP) is 1.02. The van der Waals surface area contributed by atoms with E-state index in [2.05, 4.69) is 4.90 Å². The molecule has 3 rings (SSSR count). The Morgan fingerprint density at radius 1 is 0.964 bits per heavy atom. The van der Waals surface area contributed by atoms with Crippen LogP contribution in [0, 0.1) is 0 Å². The number of hydrogen-bond acceptors (Lipinski definition) is 5. The molecule has 0 aliphatic carbocycles. The number of hydrogen-bond donors (Lipinski definition) is 0. The number of morpholine rings is 1. The summed E-state index contributed by atoms with van der Waals surface area (Å²) in [4.78, 5) is 31.0. The van der Waals surface area contributed by atoms with Gasteiger partial charge in [-0.1, -0.05) is 12.1 Å². The molecule has 0 bridgehead atoms. The van der Waals surface area contributed by atoms with Crippen LogP contribution in [0.2, 0.25) is 0 Å². The first-order valence-corrected chi connectivity index (χ1v) is 10.1. The fourth-order valence-electron chi connectivity index (χ4n) is 3.68. The number of piperazine rings is 1. The molecule has 2 amide bonds. The third kappa shape index (κ3) is 5.94. The van der Waals surface area contributed by atoms with Crippen molar-refractivity contribution in [2.45, 2.75) is 19.3 Å². The van der Waals surface area contributed by atoms with E-state index < -0.39 is 0 Å². The van der Waals surface area contributed by atoms with E-state index in [0.29, 0.717) is 45.4 Å². The van der Waals surface area contributed by atoms with Gasteiger partial charge in [0.15, 0.2) is 0 Å². The number of rotatable bonds is 7. The van der Waals surface area contributed by atoms with E-state index in [0.717, 1.165) is 44.2 Å². The van der Waals surface area contributed by atoms with Crippen molar-refractivity contribution < 1.29 is 19.1 Å². The average Bonchev–Trinajstić information content (AvgIpc) is 2.76. The van der Waals surface area contributed by atoms with E-state index in [1.807, 2.05) is 34.1 Å². The summed E-state index contributed by atoms with van der Waals surface area (Å²) in [6.07, 6.45) is 1.73. The smallest absolute Gasteiger partial charge is 0.223 e. The molecular weight excluding hydrogens is 358 g/mol. The van der Waals surface area contributed by atoms with Crippen LogP contribution in [0.1, 0.15) is 18.4 Å². The van der Waals surface area contributed by atoms with Crippen LogP contribution in [0.5, 0.6) is 5.75 Å². The van der Waals surface area contributed by atoms with Crippen molar-refractivity contribution in [1.29, 1.82) is 0 Å². The highest BCUT2D eigenvalue weighted by Gasteiger charge is 2.24. The Balaban J connectivity index is 1.36. The molecule has 7 heteroatoms. The molecule has 1 aromatic rings. The van der Waals surface area contributed by atoms with Crippen molar-refractivity contribution in [3.8, 4) is 5.75 Å². The summed E-state index contributed by atoms with van der Waals surface area (Å²) in [5.41, 5.74) is 1.10. The van der Waals surface area contributed by atoms with Crippen molar-refractivity contribution in [1.82, 2.24) is 14.7 Å². The van der Waals surface area contributed by atoms with Gasteiger partial charge in [0.25, 0.3) is 0 Å². The standard InChI is InChI=1S/C21H31N3O4/c1-27-19-4-2-3-18(17-19)5-6-20(25)23-9-11-24(12-10-23)21(26)7-8-22-13-15-28-16-14-22/h2-4,17H,5-16H2,1H3. The molecule has 7 nitrogen and oxygen atoms in total. The molecule has 0 radical (unpaired) electrons. The SMILES string of the molecule is COc1cccc(CCC(=O)N2CCN(C(=O)CCN3CCOCC3)CC2)c1. The normalized spacial score (nSPS) is 18.2. The van der Waals surface area contributed by atoms with E-state index in [4.69, 9.17) is 9.47 Å². The van der Waals surface area contributed by atoms with Gasteiger partial charge in [0.2, 0.25) is 11.8 Å². The molecule has 2 fully saturated rings. The van der Waals surface area contributed by atoms with Crippen LogP contribution in [0.3, 0.4) is 0 Å². The largest absolute Gasteiger partial charge is 0.497 e. The van der Waals surface area contributed by atoms with Gasteiger partial charge in [-0.3, -0.25) is 14.5 Å². The fraction of sp³-hybridized carbons (Fsp3) is 0.619. The van der Waals surface area contributed by atoms with Gasteiger partial charge in [-0.05, 0) is 24.1 Å². The third-order valence-corrected chi connectivity index (χ3v) is 5.49. The lowest BCUT2D eigenvalue weighted by molar-refractivity contribution is -0.139. The summed E-state index contributed by atoms with van der Waals surface area (Å²) < 4.78 is 10.6. The summed E-state index contributed by atoms with van der Waals surface area (Å²) in [6, 6.07) is 7.83. The maximum Gasteiger partial charge on any atom is 0.223 e. The molecule has 0 aromatic heterocycles. The number of ether oxygens (including phenoxy) is 2. The van der Waals surface area contributed by atoms with E-state index in [1.54, 1.807) is 7.11 Å². The molecular formula is C21H31N3O4. The van der Waals surface area contributed by atoms with Gasteiger partial charge in [0, 0.05) is 58.7 Å². The van der Waals surface area contributed by atoms with Crippen LogP contribution in [0.25, 0.3) is 0 Å². The number of aryl methyl sites for hydroxylation is 1. The zero-order valence-electron chi connectivity index (χ0n) is 16.8. The Bertz CT molecular complexity index is 653. The van der Waals surface area contributed by atoms with Gasteiger partial charge < -0.3 is 19.3 Å². The summed E-state index contributed by atoms with van der Waals surface area (Å²) >= 11 is 0. The second kappa shape index (κ2) is 10.4. The monoisotopic (exact) mass is 389 g/mol. The van der Waals surface area contributed by atoms with Crippen molar-refractivity contribution in [3.63, 3.8) is 0 Å². The Hall–Kier alpha value is -2.12. The zero-order chi connectivity index (χ0) is 19.8. The number of carbonyl (C=O) groups is 2. The quantitative estimate of drug-likeness (QED) is 0.697. The molecule has 0 atom stereocenters. The second-order valence-corrected chi connectivity index (χ2v) is 7.32. The maximum atomic E-state index is 12.5. The number of methoxy groups -OCH3 is 1. The summed E-state index contributed by atoms with van der Waals surface area (Å²) in [7, 11) is 1.64. The lowest BCUT2D eigenvalue weighted by Gasteiger charge is -2.35. The van der Waals surface area contributed by atoms with Gasteiger partial charge in [0.1, 0.15) is 5.75 Å². The first kappa shape index (κ1) is 20.6. The van der Waals surface area contributed by atoms with Crippen LogP contribution in [-0.4, -0.2) is 92.7 Å². The molecule has 0 spiro atoms. The van der Waals surface area contributed by atoms with E-state index in [9.17, 15) is 9.59 Å². The molecule has 2 heterocycles. The first-order chi connectivity index (χ1) is 13.7. The Morgan fingerprint density at radius 3 is 2.25 bits per heavy atom. The highest BCUT2D eigenvalue weighted by atomic mass is 16.5. The molecule has 2 aliphatic heterocycles. The second-order valence-electron chi connectivity index (χ2n) is 7.32. The molecule has 154 valence electrons. The molecule has 28 heavy (non-hydrogen) atoms. The minimum absolute atomic E-state index is 0.156. The number of amides is 2. The number of nitrogens with zero attached hydrogens (tertiary/aromatic N) is 3. The fourth-order valence-corrected chi connectivity index (χ4v) is 3.68. The van der Waals surface area contributed by atoms with Gasteiger partial charge >= 0.3 is 0 Å². The minimum Gasteiger partial charge on any atom is -0.497 e. The van der Waals surface area contributed by atoms with Gasteiger partial charge in [-0.25, -0.2) is 0 Å². The molecule has 2 aliphatic rings. The van der Waals surface area contributed by atoms with Crippen LogP contribution >= 0.6 is 0 Å². The Labute approximate surface area is 167 Å². The predicted molar refractivity (Wildman–Crippen MR) is 106 cm³/mol.